The molecule has 2 aliphatic carbocycles. The predicted octanol–water partition coefficient (Wildman–Crippen LogP) is 0.286. The SMILES string of the molecule is BC1=CC2CC3(OCCO3)C2C1. The molecule has 1 spiro atoms. The predicted molar refractivity (Wildman–Crippen MR) is 47.5 cm³/mol. The van der Waals surface area contributed by atoms with Crippen LogP contribution in [-0.4, -0.2) is 26.8 Å². The maximum atomic E-state index is 5.68. The summed E-state index contributed by atoms with van der Waals surface area (Å²) in [6, 6.07) is 0. The zero-order chi connectivity index (χ0) is 8.18. The molecule has 2 nitrogen and oxygen atoms in total. The third-order valence-corrected chi connectivity index (χ3v) is 3.42. The van der Waals surface area contributed by atoms with Crippen LogP contribution in [0.4, 0.5) is 0 Å². The second kappa shape index (κ2) is 2.15. The van der Waals surface area contributed by atoms with E-state index in [1.165, 1.54) is 11.9 Å². The van der Waals surface area contributed by atoms with Gasteiger partial charge < -0.3 is 9.47 Å². The van der Waals surface area contributed by atoms with Crippen LogP contribution >= 0.6 is 0 Å². The van der Waals surface area contributed by atoms with Crippen LogP contribution < -0.4 is 0 Å². The molecule has 64 valence electrons. The van der Waals surface area contributed by atoms with Gasteiger partial charge in [0.1, 0.15) is 7.85 Å². The molecule has 0 N–H and O–H groups in total. The minimum Gasteiger partial charge on any atom is -0.347 e. The van der Waals surface area contributed by atoms with E-state index in [-0.39, 0.29) is 5.79 Å². The molecule has 12 heavy (non-hydrogen) atoms. The molecular weight excluding hydrogens is 151 g/mol. The fourth-order valence-corrected chi connectivity index (χ4v) is 2.85. The highest BCUT2D eigenvalue weighted by Crippen LogP contribution is 2.55. The quantitative estimate of drug-likeness (QED) is 0.479. The van der Waals surface area contributed by atoms with Crippen LogP contribution in [0.25, 0.3) is 0 Å². The van der Waals surface area contributed by atoms with Crippen molar-refractivity contribution in [2.75, 3.05) is 13.2 Å². The van der Waals surface area contributed by atoms with E-state index in [9.17, 15) is 0 Å². The monoisotopic (exact) mass is 164 g/mol. The van der Waals surface area contributed by atoms with Crippen molar-refractivity contribution >= 4 is 7.85 Å². The number of rotatable bonds is 0. The topological polar surface area (TPSA) is 18.5 Å². The van der Waals surface area contributed by atoms with Crippen molar-refractivity contribution in [2.45, 2.75) is 18.6 Å². The average Bonchev–Trinajstić information content (AvgIpc) is 2.57. The Hall–Kier alpha value is -0.275. The van der Waals surface area contributed by atoms with Gasteiger partial charge in [0.05, 0.1) is 13.2 Å². The highest BCUT2D eigenvalue weighted by Gasteiger charge is 2.58. The van der Waals surface area contributed by atoms with Crippen molar-refractivity contribution in [1.82, 2.24) is 0 Å². The molecule has 1 saturated carbocycles. The van der Waals surface area contributed by atoms with Crippen molar-refractivity contribution in [3.63, 3.8) is 0 Å². The van der Waals surface area contributed by atoms with Crippen molar-refractivity contribution < 1.29 is 9.47 Å². The zero-order valence-corrected chi connectivity index (χ0v) is 7.38. The van der Waals surface area contributed by atoms with Crippen LogP contribution in [0.5, 0.6) is 0 Å². The molecule has 2 fully saturated rings. The van der Waals surface area contributed by atoms with Gasteiger partial charge in [-0.2, -0.15) is 0 Å². The second-order valence-corrected chi connectivity index (χ2v) is 4.20. The average molecular weight is 164 g/mol. The summed E-state index contributed by atoms with van der Waals surface area (Å²) in [5, 5.41) is 0. The van der Waals surface area contributed by atoms with E-state index in [1.54, 1.807) is 0 Å². The summed E-state index contributed by atoms with van der Waals surface area (Å²) in [6.07, 6.45) is 4.67. The van der Waals surface area contributed by atoms with Gasteiger partial charge in [-0.25, -0.2) is 0 Å². The molecule has 1 heterocycles. The Bertz CT molecular complexity index is 243. The van der Waals surface area contributed by atoms with E-state index in [4.69, 9.17) is 9.47 Å². The summed E-state index contributed by atoms with van der Waals surface area (Å²) in [5.74, 6) is 1.24. The molecule has 0 radical (unpaired) electrons. The van der Waals surface area contributed by atoms with Gasteiger partial charge in [0.25, 0.3) is 0 Å². The van der Waals surface area contributed by atoms with Gasteiger partial charge in [-0.05, 0) is 12.3 Å². The maximum Gasteiger partial charge on any atom is 0.172 e. The van der Waals surface area contributed by atoms with Crippen molar-refractivity contribution in [3.8, 4) is 0 Å². The van der Waals surface area contributed by atoms with E-state index in [0.717, 1.165) is 25.6 Å². The Labute approximate surface area is 73.3 Å². The minimum atomic E-state index is -0.154. The Kier molecular flexibility index (Phi) is 1.28. The molecule has 1 saturated heterocycles. The minimum absolute atomic E-state index is 0.154. The standard InChI is InChI=1S/C9H13BO2/c10-7-3-6-5-9(8(6)4-7)11-1-2-12-9/h3,6,8H,1-2,4-5,10H2. The van der Waals surface area contributed by atoms with Crippen LogP contribution in [0, 0.1) is 11.8 Å². The Morgan fingerprint density at radius 1 is 1.42 bits per heavy atom. The molecule has 2 atom stereocenters. The lowest BCUT2D eigenvalue weighted by atomic mass is 9.69. The summed E-state index contributed by atoms with van der Waals surface area (Å²) < 4.78 is 11.4. The summed E-state index contributed by atoms with van der Waals surface area (Å²) in [7, 11) is 2.21. The zero-order valence-electron chi connectivity index (χ0n) is 7.38. The fourth-order valence-electron chi connectivity index (χ4n) is 2.85. The molecule has 3 rings (SSSR count). The Morgan fingerprint density at radius 3 is 2.83 bits per heavy atom. The summed E-state index contributed by atoms with van der Waals surface area (Å²) in [5.41, 5.74) is 1.51. The number of allylic oxidation sites excluding steroid dienone is 2. The maximum absolute atomic E-state index is 5.68. The molecule has 0 amide bonds. The lowest BCUT2D eigenvalue weighted by Gasteiger charge is -2.47. The van der Waals surface area contributed by atoms with Crippen LogP contribution in [0.2, 0.25) is 0 Å². The summed E-state index contributed by atoms with van der Waals surface area (Å²) in [6.45, 7) is 1.59. The molecule has 3 heteroatoms. The molecular formula is C9H13BO2. The highest BCUT2D eigenvalue weighted by atomic mass is 16.7. The van der Waals surface area contributed by atoms with Crippen LogP contribution in [0.3, 0.4) is 0 Å². The summed E-state index contributed by atoms with van der Waals surface area (Å²) >= 11 is 0. The van der Waals surface area contributed by atoms with E-state index in [2.05, 4.69) is 13.9 Å². The van der Waals surface area contributed by atoms with Crippen LogP contribution in [0.15, 0.2) is 11.5 Å². The van der Waals surface area contributed by atoms with Crippen molar-refractivity contribution in [2.24, 2.45) is 11.8 Å². The lowest BCUT2D eigenvalue weighted by molar-refractivity contribution is -0.262. The molecule has 0 bridgehead atoms. The molecule has 1 aliphatic heterocycles. The van der Waals surface area contributed by atoms with Crippen molar-refractivity contribution in [1.29, 1.82) is 0 Å². The number of fused-ring (bicyclic) bond motifs is 2. The molecule has 0 aromatic rings. The second-order valence-electron chi connectivity index (χ2n) is 4.20. The molecule has 3 aliphatic rings. The number of hydrogen-bond donors (Lipinski definition) is 0. The van der Waals surface area contributed by atoms with E-state index in [0.29, 0.717) is 5.92 Å². The fraction of sp³-hybridized carbons (Fsp3) is 0.778. The number of ether oxygens (including phenoxy) is 2. The first kappa shape index (κ1) is 7.16. The Morgan fingerprint density at radius 2 is 2.17 bits per heavy atom. The first-order valence-electron chi connectivity index (χ1n) is 4.75. The van der Waals surface area contributed by atoms with E-state index < -0.39 is 0 Å². The highest BCUT2D eigenvalue weighted by molar-refractivity contribution is 6.21. The lowest BCUT2D eigenvalue weighted by Crippen LogP contribution is -2.52. The third-order valence-electron chi connectivity index (χ3n) is 3.42. The first-order chi connectivity index (χ1) is 5.80. The van der Waals surface area contributed by atoms with E-state index >= 15 is 0 Å². The Balaban J connectivity index is 1.81. The molecule has 0 aromatic carbocycles. The van der Waals surface area contributed by atoms with Gasteiger partial charge in [-0.1, -0.05) is 6.08 Å². The van der Waals surface area contributed by atoms with Crippen molar-refractivity contribution in [3.05, 3.63) is 11.5 Å². The number of hydrogen-bond acceptors (Lipinski definition) is 2. The molecule has 2 unspecified atom stereocenters. The van der Waals surface area contributed by atoms with Gasteiger partial charge >= 0.3 is 0 Å². The first-order valence-corrected chi connectivity index (χ1v) is 4.75. The smallest absolute Gasteiger partial charge is 0.172 e. The van der Waals surface area contributed by atoms with Crippen LogP contribution in [0.1, 0.15) is 12.8 Å². The van der Waals surface area contributed by atoms with Gasteiger partial charge in [-0.15, -0.1) is 5.47 Å². The largest absolute Gasteiger partial charge is 0.347 e. The van der Waals surface area contributed by atoms with Gasteiger partial charge in [-0.3, -0.25) is 0 Å². The van der Waals surface area contributed by atoms with Gasteiger partial charge in [0.2, 0.25) is 0 Å². The van der Waals surface area contributed by atoms with E-state index in [1.807, 2.05) is 0 Å². The normalized spacial score (nSPS) is 42.5. The van der Waals surface area contributed by atoms with Gasteiger partial charge in [0.15, 0.2) is 5.79 Å². The molecule has 0 aromatic heterocycles. The summed E-state index contributed by atoms with van der Waals surface area (Å²) in [4.78, 5) is 0. The third kappa shape index (κ3) is 0.736. The van der Waals surface area contributed by atoms with Gasteiger partial charge in [0, 0.05) is 12.3 Å². The van der Waals surface area contributed by atoms with Crippen LogP contribution in [-0.2, 0) is 9.47 Å².